The van der Waals surface area contributed by atoms with Gasteiger partial charge in [0.25, 0.3) is 5.91 Å². The summed E-state index contributed by atoms with van der Waals surface area (Å²) < 4.78 is 15.1. The van der Waals surface area contributed by atoms with E-state index in [1.54, 1.807) is 60.7 Å². The highest BCUT2D eigenvalue weighted by atomic mass is 79.9. The van der Waals surface area contributed by atoms with Crippen LogP contribution in [0.2, 0.25) is 0 Å². The topological polar surface area (TPSA) is 227 Å². The third kappa shape index (κ3) is 15.6. The number of pyridine rings is 2. The number of halogens is 3. The van der Waals surface area contributed by atoms with E-state index in [0.717, 1.165) is 128 Å². The Morgan fingerprint density at radius 1 is 0.351 bits per heavy atom. The quantitative estimate of drug-likeness (QED) is 0.0424. The molecule has 0 atom stereocenters. The van der Waals surface area contributed by atoms with Crippen LogP contribution < -0.4 is 16.8 Å². The van der Waals surface area contributed by atoms with Gasteiger partial charge in [-0.1, -0.05) is 281 Å². The highest BCUT2D eigenvalue weighted by Gasteiger charge is 2.49. The molecule has 0 spiro atoms. The smallest absolute Gasteiger partial charge is 0.255 e. The second-order valence-electron chi connectivity index (χ2n) is 28.5. The van der Waals surface area contributed by atoms with Crippen LogP contribution in [0.5, 0.6) is 28.7 Å². The van der Waals surface area contributed by atoms with Crippen LogP contribution in [0.4, 0.5) is 17.1 Å². The Kier molecular flexibility index (Phi) is 21.9. The zero-order valence-corrected chi connectivity index (χ0v) is 67.1. The average Bonchev–Trinajstić information content (AvgIpc) is 0.917. The number of hydrogen-bond donors (Lipinski definition) is 8. The SMILES string of the molecule is CC1(C)OC(c2ccc(-c3nc4c(O)cccc4c4c3ccc3ccccc34)cc2)OC1(C)C.Nc1c(O)cccc1-c1cccc2ccccc12.Nc1c(O)cccc1Br.O=C(Nc1c(O)cccc1-c1cccc2ccccc12)c1ccc(Br)cc1.Oc1cccc2c1nc(-c1ccc(Br)cc1)c1ccc3ccccc3c12. The summed E-state index contributed by atoms with van der Waals surface area (Å²) >= 11 is 10.0. The first-order valence-corrected chi connectivity index (χ1v) is 39.2. The number of phenolic OH excluding ortho intramolecular Hbond substituents is 5. The fourth-order valence-corrected chi connectivity index (χ4v) is 15.2. The Balaban J connectivity index is 0.000000117. The van der Waals surface area contributed by atoms with E-state index in [9.17, 15) is 25.2 Å². The molecule has 16 heteroatoms. The van der Waals surface area contributed by atoms with Gasteiger partial charge < -0.3 is 51.8 Å². The van der Waals surface area contributed by atoms with Crippen molar-refractivity contribution in [2.45, 2.75) is 45.2 Å². The number of para-hydroxylation sites is 5. The van der Waals surface area contributed by atoms with Crippen molar-refractivity contribution in [3.8, 4) is 73.5 Å². The van der Waals surface area contributed by atoms with E-state index in [1.807, 2.05) is 170 Å². The third-order valence-corrected chi connectivity index (χ3v) is 22.6. The van der Waals surface area contributed by atoms with Gasteiger partial charge in [0, 0.05) is 79.1 Å². The minimum Gasteiger partial charge on any atom is -0.506 e. The summed E-state index contributed by atoms with van der Waals surface area (Å²) in [5.41, 5.74) is 21.9. The van der Waals surface area contributed by atoms with E-state index < -0.39 is 6.29 Å². The van der Waals surface area contributed by atoms with Crippen LogP contribution in [0.25, 0.3) is 131 Å². The molecule has 18 aromatic rings. The van der Waals surface area contributed by atoms with Crippen LogP contribution in [-0.2, 0) is 9.47 Å². The molecular formula is C98H76Br3N5O8. The lowest BCUT2D eigenvalue weighted by atomic mass is 9.90. The number of aromatic nitrogens is 2. The van der Waals surface area contributed by atoms with Crippen LogP contribution in [-0.4, -0.2) is 52.6 Å². The molecule has 16 aromatic carbocycles. The van der Waals surface area contributed by atoms with Crippen LogP contribution in [0.1, 0.15) is 49.9 Å². The minimum atomic E-state index is -0.409. The van der Waals surface area contributed by atoms with Crippen molar-refractivity contribution >= 4 is 157 Å². The predicted octanol–water partition coefficient (Wildman–Crippen LogP) is 26.0. The highest BCUT2D eigenvalue weighted by Crippen LogP contribution is 2.47. The molecule has 114 heavy (non-hydrogen) atoms. The number of anilines is 3. The van der Waals surface area contributed by atoms with Gasteiger partial charge in [0.15, 0.2) is 6.29 Å². The van der Waals surface area contributed by atoms with E-state index in [-0.39, 0.29) is 45.9 Å². The number of benzene rings is 16. The van der Waals surface area contributed by atoms with Crippen molar-refractivity contribution in [1.82, 2.24) is 9.97 Å². The summed E-state index contributed by atoms with van der Waals surface area (Å²) in [5, 5.41) is 68.5. The number of nitrogens with one attached hydrogen (secondary N) is 1. The van der Waals surface area contributed by atoms with Gasteiger partial charge in [0.2, 0.25) is 0 Å². The monoisotopic (exact) mass is 1690 g/mol. The van der Waals surface area contributed by atoms with E-state index >= 15 is 0 Å². The molecule has 13 nitrogen and oxygen atoms in total. The molecule has 1 aliphatic rings. The summed E-state index contributed by atoms with van der Waals surface area (Å²) in [5.74, 6) is 0.388. The molecular weight excluding hydrogens is 1610 g/mol. The molecule has 1 amide bonds. The number of rotatable bonds is 7. The molecule has 0 saturated carbocycles. The lowest BCUT2D eigenvalue weighted by molar-refractivity contribution is -0.0895. The van der Waals surface area contributed by atoms with Gasteiger partial charge in [-0.25, -0.2) is 9.97 Å². The summed E-state index contributed by atoms with van der Waals surface area (Å²) in [7, 11) is 0. The second kappa shape index (κ2) is 32.6. The lowest BCUT2D eigenvalue weighted by Crippen LogP contribution is -2.41. The van der Waals surface area contributed by atoms with Gasteiger partial charge in [-0.15, -0.1) is 0 Å². The summed E-state index contributed by atoms with van der Waals surface area (Å²) in [4.78, 5) is 22.5. The van der Waals surface area contributed by atoms with E-state index in [4.69, 9.17) is 36.0 Å². The van der Waals surface area contributed by atoms with Crippen molar-refractivity contribution in [2.24, 2.45) is 0 Å². The van der Waals surface area contributed by atoms with Crippen molar-refractivity contribution in [1.29, 1.82) is 0 Å². The maximum Gasteiger partial charge on any atom is 0.255 e. The van der Waals surface area contributed by atoms with Gasteiger partial charge in [0.05, 0.1) is 39.7 Å². The van der Waals surface area contributed by atoms with Crippen molar-refractivity contribution < 1.29 is 39.8 Å². The maximum absolute atomic E-state index is 12.7. The minimum absolute atomic E-state index is 0.0332. The normalized spacial score (nSPS) is 12.8. The van der Waals surface area contributed by atoms with Crippen LogP contribution >= 0.6 is 47.8 Å². The Labute approximate surface area is 683 Å². The Bertz CT molecular complexity index is 6660. The molecule has 0 aliphatic carbocycles. The first-order valence-electron chi connectivity index (χ1n) is 36.8. The molecule has 0 unspecified atom stereocenters. The lowest BCUT2D eigenvalue weighted by Gasteiger charge is -2.30. The van der Waals surface area contributed by atoms with Gasteiger partial charge >= 0.3 is 0 Å². The molecule has 0 radical (unpaired) electrons. The van der Waals surface area contributed by atoms with Crippen LogP contribution in [0, 0.1) is 0 Å². The number of hydrogen-bond acceptors (Lipinski definition) is 12. The number of carbonyl (C=O) groups excluding carboxylic acids is 1. The molecule has 10 N–H and O–H groups in total. The van der Waals surface area contributed by atoms with Gasteiger partial charge in [-0.2, -0.15) is 0 Å². The zero-order valence-electron chi connectivity index (χ0n) is 62.3. The Hall–Kier alpha value is -12.7. The second-order valence-corrected chi connectivity index (χ2v) is 31.2. The summed E-state index contributed by atoms with van der Waals surface area (Å²) in [6, 6.07) is 104. The zero-order chi connectivity index (χ0) is 79.5. The van der Waals surface area contributed by atoms with Gasteiger partial charge in [0.1, 0.15) is 39.8 Å². The van der Waals surface area contributed by atoms with Gasteiger partial charge in [-0.3, -0.25) is 4.79 Å². The Morgan fingerprint density at radius 3 is 1.19 bits per heavy atom. The van der Waals surface area contributed by atoms with E-state index in [2.05, 4.69) is 172 Å². The fraction of sp³-hybridized carbons (Fsp3) is 0.0714. The van der Waals surface area contributed by atoms with Crippen molar-refractivity contribution in [3.05, 3.63) is 346 Å². The molecule has 2 aromatic heterocycles. The molecule has 1 saturated heterocycles. The molecule has 19 rings (SSSR count). The summed E-state index contributed by atoms with van der Waals surface area (Å²) in [6.45, 7) is 8.24. The largest absolute Gasteiger partial charge is 0.506 e. The number of nitrogens with zero attached hydrogens (tertiary/aromatic N) is 2. The van der Waals surface area contributed by atoms with Gasteiger partial charge in [-0.05, 0) is 171 Å². The van der Waals surface area contributed by atoms with Crippen LogP contribution in [0.3, 0.4) is 0 Å². The van der Waals surface area contributed by atoms with Crippen molar-refractivity contribution in [2.75, 3.05) is 16.8 Å². The average molecular weight is 1690 g/mol. The maximum atomic E-state index is 12.7. The Morgan fingerprint density at radius 2 is 0.711 bits per heavy atom. The number of carbonyl (C=O) groups is 1. The summed E-state index contributed by atoms with van der Waals surface area (Å²) in [6.07, 6.45) is -0.409. The first-order chi connectivity index (χ1) is 55.1. The van der Waals surface area contributed by atoms with Crippen LogP contribution in [0.15, 0.2) is 335 Å². The predicted molar refractivity (Wildman–Crippen MR) is 477 cm³/mol. The number of fused-ring (bicyclic) bond motifs is 12. The number of ether oxygens (including phenoxy) is 2. The molecule has 1 aliphatic heterocycles. The van der Waals surface area contributed by atoms with E-state index in [0.29, 0.717) is 33.7 Å². The molecule has 0 bridgehead atoms. The molecule has 562 valence electrons. The number of amides is 1. The number of aromatic hydroxyl groups is 5. The first kappa shape index (κ1) is 76.7. The number of phenols is 5. The standard InChI is InChI=1S/C30H27NO3.C23H16BrNO2.C23H14BrNO.C16H13NO.C6H6BrNO/c1-29(2)30(3,4)34-28(33-29)20-14-12-19(13-15-20)26-23-17-16-18-8-5-6-9-21(18)25(23)22-10-7-11-24(32)27(22)31-26;24-17-13-11-16(12-14-17)23(27)25-22-20(9-4-10-21(22)26)19-8-3-6-15-5-1-2-7-18(15)19;24-16-11-8-15(9-12-16)22-19-13-10-14-4-1-2-5-17(14)21(19)18-6-3-7-20(26)23(18)25-22;17-16-14(9-4-10-15(16)18)13-8-3-6-11-5-1-2-7-12(11)13;7-4-2-1-3-5(9)6(4)8/h5-17,28,32H,1-4H3;1-14,26H,(H,25,27);1-13,26H;1-10,18H,17H2;1-3,9H,8H2. The third-order valence-electron chi connectivity index (χ3n) is 20.9. The van der Waals surface area contributed by atoms with Crippen molar-refractivity contribution in [3.63, 3.8) is 0 Å². The molecule has 1 fully saturated rings. The number of nitrogens with two attached hydrogens (primary N) is 2. The highest BCUT2D eigenvalue weighted by molar-refractivity contribution is 9.11. The number of nitrogen functional groups attached to an aromatic ring is 2. The molecule has 3 heterocycles. The van der Waals surface area contributed by atoms with E-state index in [1.165, 1.54) is 10.8 Å². The fourth-order valence-electron chi connectivity index (χ4n) is 14.3.